The molecule has 3 nitrogen and oxygen atoms in total. The Morgan fingerprint density at radius 1 is 1.67 bits per heavy atom. The van der Waals surface area contributed by atoms with Crippen LogP contribution in [0.15, 0.2) is 16.1 Å². The molecule has 0 saturated carbocycles. The summed E-state index contributed by atoms with van der Waals surface area (Å²) in [6.45, 7) is 2.24. The third kappa shape index (κ3) is 1.36. The molecule has 0 fully saturated rings. The number of fused-ring (bicyclic) bond motifs is 1. The van der Waals surface area contributed by atoms with Gasteiger partial charge in [0.05, 0.1) is 6.54 Å². The fourth-order valence-electron chi connectivity index (χ4n) is 1.43. The fraction of sp³-hybridized carbons (Fsp3) is 0.625. The van der Waals surface area contributed by atoms with E-state index in [1.807, 2.05) is 0 Å². The molecule has 0 aromatic rings. The summed E-state index contributed by atoms with van der Waals surface area (Å²) >= 11 is 1.70. The topological polar surface area (TPSA) is 35.8 Å². The first kappa shape index (κ1) is 8.13. The highest BCUT2D eigenvalue weighted by Gasteiger charge is 2.25. The maximum absolute atomic E-state index is 8.68. The Kier molecular flexibility index (Phi) is 2.37. The molecule has 0 unspecified atom stereocenters. The summed E-state index contributed by atoms with van der Waals surface area (Å²) in [6, 6.07) is 0. The molecule has 0 radical (unpaired) electrons. The predicted octanol–water partition coefficient (Wildman–Crippen LogP) is 1.02. The van der Waals surface area contributed by atoms with E-state index in [4.69, 9.17) is 5.11 Å². The molecule has 66 valence electrons. The van der Waals surface area contributed by atoms with Crippen molar-refractivity contribution in [2.75, 3.05) is 19.7 Å². The SMILES string of the molecule is OCCCC1=CSC2=NCCN12. The number of aliphatic hydroxyl groups excluding tert-OH is 1. The molecule has 4 heteroatoms. The average Bonchev–Trinajstić information content (AvgIpc) is 2.62. The number of aliphatic imine (C=N–C) groups is 1. The highest BCUT2D eigenvalue weighted by Crippen LogP contribution is 2.31. The van der Waals surface area contributed by atoms with Crippen LogP contribution in [0, 0.1) is 0 Å². The number of amidine groups is 1. The number of allylic oxidation sites excluding steroid dienone is 1. The molecule has 2 aliphatic heterocycles. The third-order valence-corrected chi connectivity index (χ3v) is 2.99. The smallest absolute Gasteiger partial charge is 0.167 e. The lowest BCUT2D eigenvalue weighted by molar-refractivity contribution is 0.285. The molecule has 2 rings (SSSR count). The van der Waals surface area contributed by atoms with Gasteiger partial charge in [-0.05, 0) is 18.2 Å². The van der Waals surface area contributed by atoms with E-state index in [0.717, 1.165) is 31.1 Å². The number of hydrogen-bond donors (Lipinski definition) is 1. The molecule has 0 amide bonds. The monoisotopic (exact) mass is 184 g/mol. The molecule has 1 N–H and O–H groups in total. The quantitative estimate of drug-likeness (QED) is 0.711. The van der Waals surface area contributed by atoms with Crippen molar-refractivity contribution in [3.05, 3.63) is 11.1 Å². The Labute approximate surface area is 76.2 Å². The van der Waals surface area contributed by atoms with Gasteiger partial charge >= 0.3 is 0 Å². The molecule has 2 heterocycles. The third-order valence-electron chi connectivity index (χ3n) is 2.04. The van der Waals surface area contributed by atoms with Gasteiger partial charge in [-0.25, -0.2) is 0 Å². The van der Waals surface area contributed by atoms with E-state index in [0.29, 0.717) is 0 Å². The van der Waals surface area contributed by atoms with Crippen molar-refractivity contribution in [2.24, 2.45) is 4.99 Å². The number of nitrogens with zero attached hydrogens (tertiary/aromatic N) is 2. The summed E-state index contributed by atoms with van der Waals surface area (Å²) < 4.78 is 0. The van der Waals surface area contributed by atoms with Gasteiger partial charge in [0.2, 0.25) is 0 Å². The average molecular weight is 184 g/mol. The minimum Gasteiger partial charge on any atom is -0.396 e. The maximum atomic E-state index is 8.68. The van der Waals surface area contributed by atoms with Crippen LogP contribution in [0.5, 0.6) is 0 Å². The van der Waals surface area contributed by atoms with Gasteiger partial charge < -0.3 is 10.0 Å². The predicted molar refractivity (Wildman–Crippen MR) is 51.0 cm³/mol. The van der Waals surface area contributed by atoms with Gasteiger partial charge in [0.1, 0.15) is 0 Å². The molecule has 0 aliphatic carbocycles. The van der Waals surface area contributed by atoms with Gasteiger partial charge in [0.25, 0.3) is 0 Å². The molecular weight excluding hydrogens is 172 g/mol. The van der Waals surface area contributed by atoms with Crippen molar-refractivity contribution in [3.8, 4) is 0 Å². The van der Waals surface area contributed by atoms with Crippen LogP contribution >= 0.6 is 11.8 Å². The molecule has 0 spiro atoms. The van der Waals surface area contributed by atoms with Crippen LogP contribution < -0.4 is 0 Å². The zero-order chi connectivity index (χ0) is 8.39. The number of thioether (sulfide) groups is 1. The fourth-order valence-corrected chi connectivity index (χ4v) is 2.42. The van der Waals surface area contributed by atoms with Crippen LogP contribution in [0.1, 0.15) is 12.8 Å². The number of aliphatic hydroxyl groups is 1. The molecule has 0 saturated heterocycles. The summed E-state index contributed by atoms with van der Waals surface area (Å²) in [5, 5.41) is 12.0. The van der Waals surface area contributed by atoms with Crippen LogP contribution in [0.3, 0.4) is 0 Å². The zero-order valence-corrected chi connectivity index (χ0v) is 7.68. The minimum atomic E-state index is 0.280. The minimum absolute atomic E-state index is 0.280. The normalized spacial score (nSPS) is 20.9. The first-order valence-corrected chi connectivity index (χ1v) is 5.08. The van der Waals surface area contributed by atoms with Crippen LogP contribution in [0.25, 0.3) is 0 Å². The second-order valence-electron chi connectivity index (χ2n) is 2.87. The Morgan fingerprint density at radius 3 is 3.42 bits per heavy atom. The van der Waals surface area contributed by atoms with Crippen molar-refractivity contribution in [3.63, 3.8) is 0 Å². The lowest BCUT2D eigenvalue weighted by Crippen LogP contribution is -2.20. The number of hydrogen-bond acceptors (Lipinski definition) is 4. The number of rotatable bonds is 3. The highest BCUT2D eigenvalue weighted by atomic mass is 32.2. The van der Waals surface area contributed by atoms with Crippen molar-refractivity contribution >= 4 is 16.9 Å². The van der Waals surface area contributed by atoms with Gasteiger partial charge in [0, 0.05) is 18.8 Å². The Morgan fingerprint density at radius 2 is 2.58 bits per heavy atom. The summed E-state index contributed by atoms with van der Waals surface area (Å²) in [4.78, 5) is 6.60. The van der Waals surface area contributed by atoms with Crippen molar-refractivity contribution in [1.82, 2.24) is 4.90 Å². The first-order chi connectivity index (χ1) is 5.92. The highest BCUT2D eigenvalue weighted by molar-refractivity contribution is 8.16. The molecule has 0 aromatic heterocycles. The van der Waals surface area contributed by atoms with Crippen LogP contribution in [-0.2, 0) is 0 Å². The van der Waals surface area contributed by atoms with E-state index in [1.54, 1.807) is 11.8 Å². The van der Waals surface area contributed by atoms with Crippen molar-refractivity contribution in [2.45, 2.75) is 12.8 Å². The maximum Gasteiger partial charge on any atom is 0.167 e. The van der Waals surface area contributed by atoms with E-state index in [-0.39, 0.29) is 6.61 Å². The van der Waals surface area contributed by atoms with E-state index < -0.39 is 0 Å². The molecule has 12 heavy (non-hydrogen) atoms. The van der Waals surface area contributed by atoms with Gasteiger partial charge in [-0.2, -0.15) is 0 Å². The van der Waals surface area contributed by atoms with Crippen LogP contribution in [0.4, 0.5) is 0 Å². The standard InChI is InChI=1S/C8H12N2OS/c11-5-1-2-7-6-12-8-9-3-4-10(7)8/h6,11H,1-5H2. The summed E-state index contributed by atoms with van der Waals surface area (Å²) in [7, 11) is 0. The second kappa shape index (κ2) is 3.49. The first-order valence-electron chi connectivity index (χ1n) is 4.20. The summed E-state index contributed by atoms with van der Waals surface area (Å²) in [6.07, 6.45) is 1.83. The van der Waals surface area contributed by atoms with E-state index >= 15 is 0 Å². The second-order valence-corrected chi connectivity index (χ2v) is 3.71. The van der Waals surface area contributed by atoms with Crippen molar-refractivity contribution in [1.29, 1.82) is 0 Å². The lowest BCUT2D eigenvalue weighted by atomic mass is 10.2. The molecule has 0 bridgehead atoms. The van der Waals surface area contributed by atoms with E-state index in [1.165, 1.54) is 5.70 Å². The molecule has 0 aromatic carbocycles. The van der Waals surface area contributed by atoms with E-state index in [2.05, 4.69) is 15.3 Å². The molecule has 2 aliphatic rings. The van der Waals surface area contributed by atoms with Gasteiger partial charge in [0.15, 0.2) is 5.17 Å². The van der Waals surface area contributed by atoms with Crippen LogP contribution in [0.2, 0.25) is 0 Å². The van der Waals surface area contributed by atoms with Gasteiger partial charge in [-0.3, -0.25) is 4.99 Å². The zero-order valence-electron chi connectivity index (χ0n) is 6.86. The van der Waals surface area contributed by atoms with Crippen LogP contribution in [-0.4, -0.2) is 34.9 Å². The summed E-state index contributed by atoms with van der Waals surface area (Å²) in [5.41, 5.74) is 1.32. The summed E-state index contributed by atoms with van der Waals surface area (Å²) in [5.74, 6) is 0. The molecule has 0 atom stereocenters. The Hall–Kier alpha value is -0.480. The van der Waals surface area contributed by atoms with Gasteiger partial charge in [-0.1, -0.05) is 11.8 Å². The molecular formula is C8H12N2OS. The lowest BCUT2D eigenvalue weighted by Gasteiger charge is -2.15. The van der Waals surface area contributed by atoms with Gasteiger partial charge in [-0.15, -0.1) is 0 Å². The largest absolute Gasteiger partial charge is 0.396 e. The van der Waals surface area contributed by atoms with E-state index in [9.17, 15) is 0 Å². The Bertz CT molecular complexity index is 237. The Balaban J connectivity index is 1.95. The van der Waals surface area contributed by atoms with Crippen molar-refractivity contribution < 1.29 is 5.11 Å².